The standard InChI is InChI=1S/C9H12FNO2S.C2H6/c1-9(2,12)6-3-4-7(10)8(5-6)14(11)13;1-2/h3-5,12H,11H2,1-2H3;1-2H3. The molecule has 1 rings (SSSR count). The summed E-state index contributed by atoms with van der Waals surface area (Å²) in [5, 5.41) is 14.7. The Morgan fingerprint density at radius 3 is 2.25 bits per heavy atom. The van der Waals surface area contributed by atoms with Crippen molar-refractivity contribution in [2.45, 2.75) is 38.2 Å². The van der Waals surface area contributed by atoms with Crippen molar-refractivity contribution in [2.24, 2.45) is 5.14 Å². The molecule has 0 saturated carbocycles. The van der Waals surface area contributed by atoms with Crippen molar-refractivity contribution in [1.82, 2.24) is 0 Å². The van der Waals surface area contributed by atoms with Crippen molar-refractivity contribution < 1.29 is 13.7 Å². The molecule has 0 radical (unpaired) electrons. The summed E-state index contributed by atoms with van der Waals surface area (Å²) >= 11 is 0. The zero-order chi connectivity index (χ0) is 12.9. The van der Waals surface area contributed by atoms with Crippen molar-refractivity contribution >= 4 is 11.0 Å². The average Bonchev–Trinajstić information content (AvgIpc) is 2.19. The zero-order valence-corrected chi connectivity index (χ0v) is 10.8. The summed E-state index contributed by atoms with van der Waals surface area (Å²) in [6.45, 7) is 7.12. The first-order valence-electron chi connectivity index (χ1n) is 5.01. The van der Waals surface area contributed by atoms with Crippen LogP contribution in [0.5, 0.6) is 0 Å². The first-order chi connectivity index (χ1) is 7.32. The van der Waals surface area contributed by atoms with Crippen LogP contribution in [0, 0.1) is 5.82 Å². The number of nitrogens with two attached hydrogens (primary N) is 1. The van der Waals surface area contributed by atoms with Gasteiger partial charge in [0.1, 0.15) is 16.8 Å². The fourth-order valence-electron chi connectivity index (χ4n) is 1.04. The molecule has 1 aromatic carbocycles. The van der Waals surface area contributed by atoms with Crippen molar-refractivity contribution in [3.05, 3.63) is 29.6 Å². The predicted molar refractivity (Wildman–Crippen MR) is 63.6 cm³/mol. The molecule has 92 valence electrons. The van der Waals surface area contributed by atoms with Crippen molar-refractivity contribution in [1.29, 1.82) is 0 Å². The van der Waals surface area contributed by atoms with Gasteiger partial charge in [-0.05, 0) is 31.5 Å². The molecule has 3 nitrogen and oxygen atoms in total. The van der Waals surface area contributed by atoms with E-state index >= 15 is 0 Å². The quantitative estimate of drug-likeness (QED) is 0.840. The first-order valence-corrected chi connectivity index (χ1v) is 6.22. The van der Waals surface area contributed by atoms with E-state index in [4.69, 9.17) is 5.14 Å². The number of aliphatic hydroxyl groups is 1. The van der Waals surface area contributed by atoms with Gasteiger partial charge in [-0.1, -0.05) is 19.9 Å². The van der Waals surface area contributed by atoms with E-state index in [-0.39, 0.29) is 4.90 Å². The third-order valence-electron chi connectivity index (χ3n) is 1.85. The highest BCUT2D eigenvalue weighted by Gasteiger charge is 2.18. The molecule has 0 aliphatic carbocycles. The van der Waals surface area contributed by atoms with Crippen LogP contribution in [-0.4, -0.2) is 9.32 Å². The number of hydrogen-bond donors (Lipinski definition) is 2. The van der Waals surface area contributed by atoms with E-state index in [1.165, 1.54) is 12.1 Å². The Balaban J connectivity index is 0.00000106. The molecular weight excluding hydrogens is 229 g/mol. The van der Waals surface area contributed by atoms with Crippen LogP contribution in [0.25, 0.3) is 0 Å². The zero-order valence-electron chi connectivity index (χ0n) is 9.95. The minimum atomic E-state index is -1.87. The van der Waals surface area contributed by atoms with E-state index in [0.717, 1.165) is 6.07 Å². The van der Waals surface area contributed by atoms with Crippen LogP contribution in [0.2, 0.25) is 0 Å². The van der Waals surface area contributed by atoms with Gasteiger partial charge in [0, 0.05) is 0 Å². The molecule has 1 aromatic rings. The van der Waals surface area contributed by atoms with E-state index in [1.807, 2.05) is 13.8 Å². The van der Waals surface area contributed by atoms with Gasteiger partial charge >= 0.3 is 0 Å². The Kier molecular flexibility index (Phi) is 5.78. The van der Waals surface area contributed by atoms with Crippen LogP contribution in [0.15, 0.2) is 23.1 Å². The number of halogens is 1. The van der Waals surface area contributed by atoms with E-state index in [1.54, 1.807) is 13.8 Å². The second-order valence-electron chi connectivity index (χ2n) is 3.50. The van der Waals surface area contributed by atoms with Crippen LogP contribution < -0.4 is 5.14 Å². The third kappa shape index (κ3) is 4.00. The van der Waals surface area contributed by atoms with Crippen LogP contribution in [0.4, 0.5) is 4.39 Å². The maximum absolute atomic E-state index is 13.1. The second-order valence-corrected chi connectivity index (χ2v) is 4.54. The van der Waals surface area contributed by atoms with Crippen LogP contribution in [0.1, 0.15) is 33.3 Å². The van der Waals surface area contributed by atoms with Gasteiger partial charge in [0.15, 0.2) is 0 Å². The number of benzene rings is 1. The third-order valence-corrected chi connectivity index (χ3v) is 2.60. The molecule has 0 aliphatic heterocycles. The largest absolute Gasteiger partial charge is 0.386 e. The summed E-state index contributed by atoms with van der Waals surface area (Å²) in [6, 6.07) is 3.89. The van der Waals surface area contributed by atoms with Gasteiger partial charge in [-0.15, -0.1) is 0 Å². The molecule has 0 spiro atoms. The second kappa shape index (κ2) is 6.08. The summed E-state index contributed by atoms with van der Waals surface area (Å²) in [5.74, 6) is -0.626. The Labute approximate surface area is 98.1 Å². The smallest absolute Gasteiger partial charge is 0.140 e. The first kappa shape index (κ1) is 15.2. The molecule has 3 N–H and O–H groups in total. The fraction of sp³-hybridized carbons (Fsp3) is 0.455. The predicted octanol–water partition coefficient (Wildman–Crippen LogP) is 2.06. The van der Waals surface area contributed by atoms with Crippen LogP contribution in [-0.2, 0) is 16.6 Å². The lowest BCUT2D eigenvalue weighted by atomic mass is 9.99. The van der Waals surface area contributed by atoms with Gasteiger partial charge in [0.05, 0.1) is 10.5 Å². The van der Waals surface area contributed by atoms with Crippen LogP contribution >= 0.6 is 0 Å². The normalized spacial score (nSPS) is 12.7. The molecule has 1 atom stereocenters. The van der Waals surface area contributed by atoms with Crippen molar-refractivity contribution in [3.8, 4) is 0 Å². The van der Waals surface area contributed by atoms with Gasteiger partial charge < -0.3 is 5.11 Å². The summed E-state index contributed by atoms with van der Waals surface area (Å²) in [5.41, 5.74) is -0.616. The molecule has 0 heterocycles. The van der Waals surface area contributed by atoms with E-state index in [2.05, 4.69) is 0 Å². The highest BCUT2D eigenvalue weighted by Crippen LogP contribution is 2.22. The van der Waals surface area contributed by atoms with Gasteiger partial charge in [0.25, 0.3) is 0 Å². The Morgan fingerprint density at radius 1 is 1.38 bits per heavy atom. The molecule has 1 unspecified atom stereocenters. The van der Waals surface area contributed by atoms with E-state index in [9.17, 15) is 13.7 Å². The SMILES string of the molecule is CC.CC(C)(O)c1ccc(F)c(S(N)=O)c1. The maximum atomic E-state index is 13.1. The molecular formula is C11H18FNO2S. The highest BCUT2D eigenvalue weighted by atomic mass is 32.2. The maximum Gasteiger partial charge on any atom is 0.140 e. The molecule has 0 bridgehead atoms. The number of hydrogen-bond acceptors (Lipinski definition) is 2. The monoisotopic (exact) mass is 247 g/mol. The average molecular weight is 247 g/mol. The lowest BCUT2D eigenvalue weighted by molar-refractivity contribution is 0.0782. The van der Waals surface area contributed by atoms with Crippen molar-refractivity contribution in [2.75, 3.05) is 0 Å². The molecule has 0 aromatic heterocycles. The Morgan fingerprint density at radius 2 is 1.88 bits per heavy atom. The number of rotatable bonds is 2. The molecule has 0 fully saturated rings. The molecule has 16 heavy (non-hydrogen) atoms. The topological polar surface area (TPSA) is 63.3 Å². The van der Waals surface area contributed by atoms with Gasteiger partial charge in [-0.3, -0.25) is 0 Å². The van der Waals surface area contributed by atoms with Crippen molar-refractivity contribution in [3.63, 3.8) is 0 Å². The summed E-state index contributed by atoms with van der Waals surface area (Å²) in [6.07, 6.45) is 0. The molecule has 0 aliphatic rings. The van der Waals surface area contributed by atoms with E-state index < -0.39 is 22.4 Å². The summed E-state index contributed by atoms with van der Waals surface area (Å²) in [4.78, 5) is -0.0929. The molecule has 0 saturated heterocycles. The minimum absolute atomic E-state index is 0.0929. The lowest BCUT2D eigenvalue weighted by Crippen LogP contribution is -2.17. The minimum Gasteiger partial charge on any atom is -0.386 e. The Bertz CT molecular complexity index is 375. The Hall–Kier alpha value is -0.780. The van der Waals surface area contributed by atoms with E-state index in [0.29, 0.717) is 5.56 Å². The van der Waals surface area contributed by atoms with Crippen LogP contribution in [0.3, 0.4) is 0 Å². The molecule has 5 heteroatoms. The van der Waals surface area contributed by atoms with Gasteiger partial charge in [-0.25, -0.2) is 13.7 Å². The lowest BCUT2D eigenvalue weighted by Gasteiger charge is -2.18. The van der Waals surface area contributed by atoms with Gasteiger partial charge in [0.2, 0.25) is 0 Å². The van der Waals surface area contributed by atoms with Gasteiger partial charge in [-0.2, -0.15) is 0 Å². The fourth-order valence-corrected chi connectivity index (χ4v) is 1.54. The summed E-state index contributed by atoms with van der Waals surface area (Å²) in [7, 11) is -1.87. The highest BCUT2D eigenvalue weighted by molar-refractivity contribution is 7.82. The summed E-state index contributed by atoms with van der Waals surface area (Å²) < 4.78 is 24.0. The molecule has 0 amide bonds.